The van der Waals surface area contributed by atoms with Gasteiger partial charge >= 0.3 is 6.18 Å². The molecular formula is C23H26F3N5O. The number of hydrogen-bond donors (Lipinski definition) is 0. The molecule has 6 nitrogen and oxygen atoms in total. The molecule has 3 aromatic rings. The average Bonchev–Trinajstić information content (AvgIpc) is 3.29. The quantitative estimate of drug-likeness (QED) is 0.605. The molecule has 0 spiro atoms. The van der Waals surface area contributed by atoms with Crippen molar-refractivity contribution in [2.24, 2.45) is 0 Å². The number of aromatic nitrogens is 2. The van der Waals surface area contributed by atoms with Crippen LogP contribution in [-0.2, 0) is 12.7 Å². The Bertz CT molecular complexity index is 1060. The van der Waals surface area contributed by atoms with Gasteiger partial charge in [-0.1, -0.05) is 18.2 Å². The van der Waals surface area contributed by atoms with Crippen molar-refractivity contribution in [1.29, 1.82) is 0 Å². The monoisotopic (exact) mass is 445 g/mol. The van der Waals surface area contributed by atoms with Crippen molar-refractivity contribution in [3.05, 3.63) is 53.6 Å². The van der Waals surface area contributed by atoms with Crippen molar-refractivity contribution in [2.75, 3.05) is 44.2 Å². The highest BCUT2D eigenvalue weighted by Gasteiger charge is 2.32. The van der Waals surface area contributed by atoms with Crippen LogP contribution in [0, 0.1) is 0 Å². The third-order valence-electron chi connectivity index (χ3n) is 6.61. The van der Waals surface area contributed by atoms with E-state index in [0.29, 0.717) is 11.7 Å². The smallest absolute Gasteiger partial charge is 0.369 e. The van der Waals surface area contributed by atoms with Gasteiger partial charge < -0.3 is 4.90 Å². The molecule has 2 aliphatic rings. The van der Waals surface area contributed by atoms with E-state index in [9.17, 15) is 13.2 Å². The van der Waals surface area contributed by atoms with Crippen LogP contribution >= 0.6 is 0 Å². The van der Waals surface area contributed by atoms with Gasteiger partial charge in [0, 0.05) is 51.0 Å². The zero-order valence-corrected chi connectivity index (χ0v) is 17.8. The lowest BCUT2D eigenvalue weighted by Crippen LogP contribution is -2.55. The van der Waals surface area contributed by atoms with Crippen molar-refractivity contribution in [1.82, 2.24) is 20.1 Å². The zero-order chi connectivity index (χ0) is 22.1. The summed E-state index contributed by atoms with van der Waals surface area (Å²) in [6, 6.07) is 12.1. The molecule has 0 aliphatic carbocycles. The molecule has 1 aromatic heterocycles. The van der Waals surface area contributed by atoms with Gasteiger partial charge in [-0.2, -0.15) is 13.2 Å². The summed E-state index contributed by atoms with van der Waals surface area (Å²) < 4.78 is 44.1. The molecule has 2 aliphatic heterocycles. The lowest BCUT2D eigenvalue weighted by Gasteiger charge is -2.44. The SMILES string of the molecule is FC(F)(F)c1cccc(N2CCN(C3CCCN(Cc4cccc5nonc45)C3)CC2)c1. The zero-order valence-electron chi connectivity index (χ0n) is 17.8. The molecule has 0 radical (unpaired) electrons. The summed E-state index contributed by atoms with van der Waals surface area (Å²) in [5.74, 6) is 0. The van der Waals surface area contributed by atoms with E-state index >= 15 is 0 Å². The molecule has 2 aromatic carbocycles. The normalized spacial score (nSPS) is 21.3. The lowest BCUT2D eigenvalue weighted by molar-refractivity contribution is -0.137. The molecule has 0 amide bonds. The van der Waals surface area contributed by atoms with Crippen molar-refractivity contribution in [3.63, 3.8) is 0 Å². The first-order chi connectivity index (χ1) is 15.5. The molecule has 0 bridgehead atoms. The van der Waals surface area contributed by atoms with E-state index < -0.39 is 11.7 Å². The number of rotatable bonds is 4. The third kappa shape index (κ3) is 4.45. The van der Waals surface area contributed by atoms with Gasteiger partial charge in [0.05, 0.1) is 5.56 Å². The minimum absolute atomic E-state index is 0.460. The number of fused-ring (bicyclic) bond motifs is 1. The molecule has 2 fully saturated rings. The molecule has 170 valence electrons. The topological polar surface area (TPSA) is 48.6 Å². The highest BCUT2D eigenvalue weighted by molar-refractivity contribution is 5.76. The maximum atomic E-state index is 13.1. The van der Waals surface area contributed by atoms with Crippen LogP contribution in [0.1, 0.15) is 24.0 Å². The molecule has 1 unspecified atom stereocenters. The Morgan fingerprint density at radius 2 is 1.78 bits per heavy atom. The lowest BCUT2D eigenvalue weighted by atomic mass is 10.0. The standard InChI is InChI=1S/C23H26F3N5O/c24-23(25,26)18-5-2-6-19(14-18)30-10-12-31(13-11-30)20-7-3-9-29(16-20)15-17-4-1-8-21-22(17)28-32-27-21/h1-2,4-6,8,14,20H,3,7,9-13,15-16H2. The number of piperazine rings is 1. The Morgan fingerprint density at radius 3 is 2.59 bits per heavy atom. The molecule has 1 atom stereocenters. The summed E-state index contributed by atoms with van der Waals surface area (Å²) in [7, 11) is 0. The second-order valence-electron chi connectivity index (χ2n) is 8.65. The minimum Gasteiger partial charge on any atom is -0.369 e. The van der Waals surface area contributed by atoms with Crippen LogP contribution < -0.4 is 4.90 Å². The van der Waals surface area contributed by atoms with Crippen LogP contribution in [0.2, 0.25) is 0 Å². The fraction of sp³-hybridized carbons (Fsp3) is 0.478. The summed E-state index contributed by atoms with van der Waals surface area (Å²) in [5, 5.41) is 7.98. The highest BCUT2D eigenvalue weighted by atomic mass is 19.4. The second kappa shape index (κ2) is 8.71. The van der Waals surface area contributed by atoms with Crippen molar-refractivity contribution >= 4 is 16.7 Å². The molecule has 2 saturated heterocycles. The van der Waals surface area contributed by atoms with E-state index in [4.69, 9.17) is 4.63 Å². The van der Waals surface area contributed by atoms with E-state index in [1.165, 1.54) is 12.1 Å². The van der Waals surface area contributed by atoms with E-state index in [2.05, 4.69) is 31.1 Å². The van der Waals surface area contributed by atoms with Gasteiger partial charge in [0.2, 0.25) is 0 Å². The number of nitrogens with zero attached hydrogens (tertiary/aromatic N) is 5. The Labute approximate surface area is 184 Å². The largest absolute Gasteiger partial charge is 0.416 e. The van der Waals surface area contributed by atoms with E-state index in [0.717, 1.165) is 81.3 Å². The maximum Gasteiger partial charge on any atom is 0.416 e. The molecule has 9 heteroatoms. The summed E-state index contributed by atoms with van der Waals surface area (Å²) in [6.07, 6.45) is -2.03. The fourth-order valence-corrected chi connectivity index (χ4v) is 4.93. The fourth-order valence-electron chi connectivity index (χ4n) is 4.93. The molecule has 0 N–H and O–H groups in total. The summed E-state index contributed by atoms with van der Waals surface area (Å²) in [5.41, 5.74) is 2.79. The molecule has 0 saturated carbocycles. The Kier molecular flexibility index (Phi) is 5.77. The molecular weight excluding hydrogens is 419 g/mol. The number of benzene rings is 2. The van der Waals surface area contributed by atoms with Crippen LogP contribution in [0.3, 0.4) is 0 Å². The number of halogens is 3. The predicted molar refractivity (Wildman–Crippen MR) is 115 cm³/mol. The maximum absolute atomic E-state index is 13.1. The van der Waals surface area contributed by atoms with Gasteiger partial charge in [-0.05, 0) is 59.5 Å². The number of likely N-dealkylation sites (tertiary alicyclic amines) is 1. The van der Waals surface area contributed by atoms with Crippen molar-refractivity contribution in [3.8, 4) is 0 Å². The van der Waals surface area contributed by atoms with Crippen LogP contribution in [0.25, 0.3) is 11.0 Å². The first kappa shape index (κ1) is 21.2. The van der Waals surface area contributed by atoms with Crippen LogP contribution in [0.15, 0.2) is 47.1 Å². The molecule has 5 rings (SSSR count). The predicted octanol–water partition coefficient (Wildman–Crippen LogP) is 4.03. The van der Waals surface area contributed by atoms with Crippen LogP contribution in [-0.4, -0.2) is 65.4 Å². The number of piperidine rings is 1. The van der Waals surface area contributed by atoms with Crippen LogP contribution in [0.5, 0.6) is 0 Å². The minimum atomic E-state index is -4.31. The average molecular weight is 445 g/mol. The van der Waals surface area contributed by atoms with Crippen molar-refractivity contribution in [2.45, 2.75) is 31.6 Å². The number of hydrogen-bond acceptors (Lipinski definition) is 6. The van der Waals surface area contributed by atoms with Gasteiger partial charge in [-0.3, -0.25) is 9.80 Å². The van der Waals surface area contributed by atoms with E-state index in [1.54, 1.807) is 6.07 Å². The van der Waals surface area contributed by atoms with E-state index in [1.807, 2.05) is 12.1 Å². The second-order valence-corrected chi connectivity index (χ2v) is 8.65. The molecule has 3 heterocycles. The van der Waals surface area contributed by atoms with Gasteiger partial charge in [-0.15, -0.1) is 0 Å². The summed E-state index contributed by atoms with van der Waals surface area (Å²) in [4.78, 5) is 7.01. The van der Waals surface area contributed by atoms with E-state index in [-0.39, 0.29) is 0 Å². The van der Waals surface area contributed by atoms with Crippen molar-refractivity contribution < 1.29 is 17.8 Å². The molecule has 32 heavy (non-hydrogen) atoms. The first-order valence-electron chi connectivity index (χ1n) is 11.1. The first-order valence-corrected chi connectivity index (χ1v) is 11.1. The third-order valence-corrected chi connectivity index (χ3v) is 6.61. The number of anilines is 1. The highest BCUT2D eigenvalue weighted by Crippen LogP contribution is 2.32. The van der Waals surface area contributed by atoms with Gasteiger partial charge in [0.1, 0.15) is 11.0 Å². The van der Waals surface area contributed by atoms with Crippen LogP contribution in [0.4, 0.5) is 18.9 Å². The van der Waals surface area contributed by atoms with Gasteiger partial charge in [0.15, 0.2) is 0 Å². The van der Waals surface area contributed by atoms with Gasteiger partial charge in [0.25, 0.3) is 0 Å². The summed E-state index contributed by atoms with van der Waals surface area (Å²) in [6.45, 7) is 6.03. The Morgan fingerprint density at radius 1 is 0.969 bits per heavy atom. The summed E-state index contributed by atoms with van der Waals surface area (Å²) >= 11 is 0. The number of alkyl halides is 3. The van der Waals surface area contributed by atoms with Gasteiger partial charge in [-0.25, -0.2) is 4.63 Å². The Balaban J connectivity index is 1.19. The Hall–Kier alpha value is -2.65.